The van der Waals surface area contributed by atoms with Crippen molar-refractivity contribution in [1.82, 2.24) is 4.98 Å². The minimum absolute atomic E-state index is 0.586. The lowest BCUT2D eigenvalue weighted by molar-refractivity contribution is 1.23. The molecule has 0 amide bonds. The Morgan fingerprint density at radius 1 is 1.33 bits per heavy atom. The van der Waals surface area contributed by atoms with Gasteiger partial charge in [0.05, 0.1) is 5.35 Å². The molecule has 0 atom stereocenters. The second-order valence-electron chi connectivity index (χ2n) is 3.50. The second-order valence-corrected chi connectivity index (χ2v) is 4.53. The molecular weight excluding hydrogens is 204 g/mol. The zero-order valence-corrected chi connectivity index (χ0v) is 8.92. The maximum absolute atomic E-state index is 5.73. The number of nitrogens with zero attached hydrogens (tertiary/aromatic N) is 1. The van der Waals surface area contributed by atoms with Crippen molar-refractivity contribution in [2.24, 2.45) is 0 Å². The van der Waals surface area contributed by atoms with Crippen molar-refractivity contribution in [3.05, 3.63) is 46.5 Å². The topological polar surface area (TPSA) is 38.9 Å². The summed E-state index contributed by atoms with van der Waals surface area (Å²) in [7, 11) is 0. The monoisotopic (exact) mass is 214 g/mol. The molecule has 15 heavy (non-hydrogen) atoms. The number of thioether (sulfide) groups is 1. The van der Waals surface area contributed by atoms with Crippen molar-refractivity contribution >= 4 is 28.6 Å². The van der Waals surface area contributed by atoms with Gasteiger partial charge in [-0.1, -0.05) is 24.3 Å². The van der Waals surface area contributed by atoms with Crippen molar-refractivity contribution in [3.8, 4) is 0 Å². The Morgan fingerprint density at radius 3 is 3.20 bits per heavy atom. The number of nitrogens with two attached hydrogens (primary N) is 1. The highest BCUT2D eigenvalue weighted by molar-refractivity contribution is 8.08. The minimum Gasteiger partial charge on any atom is -0.384 e. The molecule has 0 saturated carbocycles. The van der Waals surface area contributed by atoms with Gasteiger partial charge in [-0.05, 0) is 17.7 Å². The van der Waals surface area contributed by atoms with Crippen molar-refractivity contribution < 1.29 is 0 Å². The molecule has 0 saturated heterocycles. The number of hydrogen-bond acceptors (Lipinski definition) is 3. The summed E-state index contributed by atoms with van der Waals surface area (Å²) in [5.41, 5.74) is 7.00. The molecule has 0 radical (unpaired) electrons. The lowest BCUT2D eigenvalue weighted by atomic mass is 10.2. The van der Waals surface area contributed by atoms with Crippen LogP contribution in [0.25, 0.3) is 11.0 Å². The molecule has 0 aromatic carbocycles. The standard InChI is InChI=1S/C12H10N2S/c13-10-5-4-8-2-1-3-9-6-7-15-12(9)11(8)14-10/h1-6H,7H2,(H2,13,14). The summed E-state index contributed by atoms with van der Waals surface area (Å²) >= 11 is 1.83. The maximum Gasteiger partial charge on any atom is 0.124 e. The van der Waals surface area contributed by atoms with Crippen molar-refractivity contribution in [1.29, 1.82) is 0 Å². The molecule has 2 N–H and O–H groups in total. The van der Waals surface area contributed by atoms with Gasteiger partial charge in [-0.15, -0.1) is 11.8 Å². The summed E-state index contributed by atoms with van der Waals surface area (Å²) < 4.78 is 0. The SMILES string of the molecule is Nc1ccc2c(n1)=C1SCC=C1C=CC=2. The average molecular weight is 214 g/mol. The third kappa shape index (κ3) is 1.39. The lowest BCUT2D eigenvalue weighted by Gasteiger charge is -1.99. The number of fused-ring (bicyclic) bond motifs is 2. The lowest BCUT2D eigenvalue weighted by Crippen LogP contribution is -2.29. The highest BCUT2D eigenvalue weighted by Crippen LogP contribution is 2.32. The summed E-state index contributed by atoms with van der Waals surface area (Å²) in [4.78, 5) is 5.68. The Hall–Kier alpha value is -1.48. The van der Waals surface area contributed by atoms with E-state index in [9.17, 15) is 0 Å². The van der Waals surface area contributed by atoms with E-state index in [-0.39, 0.29) is 0 Å². The van der Waals surface area contributed by atoms with E-state index < -0.39 is 0 Å². The number of aromatic nitrogens is 1. The first-order valence-electron chi connectivity index (χ1n) is 4.83. The molecule has 2 heterocycles. The van der Waals surface area contributed by atoms with E-state index in [1.54, 1.807) is 0 Å². The van der Waals surface area contributed by atoms with E-state index in [1.165, 1.54) is 10.5 Å². The largest absolute Gasteiger partial charge is 0.384 e. The van der Waals surface area contributed by atoms with Gasteiger partial charge in [-0.2, -0.15) is 0 Å². The number of anilines is 1. The summed E-state index contributed by atoms with van der Waals surface area (Å²) in [6.07, 6.45) is 8.51. The van der Waals surface area contributed by atoms with Crippen LogP contribution >= 0.6 is 11.8 Å². The smallest absolute Gasteiger partial charge is 0.124 e. The van der Waals surface area contributed by atoms with Gasteiger partial charge in [0.2, 0.25) is 0 Å². The van der Waals surface area contributed by atoms with Gasteiger partial charge in [0.15, 0.2) is 0 Å². The quantitative estimate of drug-likeness (QED) is 0.694. The third-order valence-electron chi connectivity index (χ3n) is 2.51. The number of hydrogen-bond donors (Lipinski definition) is 1. The molecule has 0 unspecified atom stereocenters. The molecule has 1 aromatic heterocycles. The van der Waals surface area contributed by atoms with Crippen molar-refractivity contribution in [2.75, 3.05) is 11.5 Å². The van der Waals surface area contributed by atoms with E-state index in [0.717, 1.165) is 16.3 Å². The van der Waals surface area contributed by atoms with Gasteiger partial charge < -0.3 is 5.73 Å². The van der Waals surface area contributed by atoms with Crippen LogP contribution in [0.4, 0.5) is 5.82 Å². The van der Waals surface area contributed by atoms with Crippen LogP contribution in [0, 0.1) is 0 Å². The summed E-state index contributed by atoms with van der Waals surface area (Å²) in [6, 6.07) is 3.87. The van der Waals surface area contributed by atoms with E-state index in [0.29, 0.717) is 5.82 Å². The Bertz CT molecular complexity index is 597. The Kier molecular flexibility index (Phi) is 1.92. The molecule has 3 rings (SSSR count). The van der Waals surface area contributed by atoms with Gasteiger partial charge >= 0.3 is 0 Å². The van der Waals surface area contributed by atoms with Crippen LogP contribution in [0.1, 0.15) is 0 Å². The van der Waals surface area contributed by atoms with Crippen LogP contribution in [0.3, 0.4) is 0 Å². The highest BCUT2D eigenvalue weighted by atomic mass is 32.2. The average Bonchev–Trinajstić information content (AvgIpc) is 2.62. The molecule has 0 spiro atoms. The minimum atomic E-state index is 0.586. The molecule has 1 aliphatic heterocycles. The molecule has 0 bridgehead atoms. The normalized spacial score (nSPS) is 17.6. The summed E-state index contributed by atoms with van der Waals surface area (Å²) in [6.45, 7) is 0. The number of pyridine rings is 1. The molecule has 3 heteroatoms. The van der Waals surface area contributed by atoms with Crippen LogP contribution in [0.2, 0.25) is 0 Å². The number of allylic oxidation sites excluding steroid dienone is 2. The van der Waals surface area contributed by atoms with Crippen LogP contribution < -0.4 is 16.3 Å². The highest BCUT2D eigenvalue weighted by Gasteiger charge is 2.13. The fourth-order valence-electron chi connectivity index (χ4n) is 1.80. The molecular formula is C12H10N2S. The summed E-state index contributed by atoms with van der Waals surface area (Å²) in [5, 5.41) is 2.17. The predicted molar refractivity (Wildman–Crippen MR) is 65.5 cm³/mol. The first kappa shape index (κ1) is 8.80. The second kappa shape index (κ2) is 3.28. The van der Waals surface area contributed by atoms with E-state index >= 15 is 0 Å². The molecule has 2 nitrogen and oxygen atoms in total. The fourth-order valence-corrected chi connectivity index (χ4v) is 2.84. The maximum atomic E-state index is 5.73. The van der Waals surface area contributed by atoms with Gasteiger partial charge in [-0.3, -0.25) is 0 Å². The fraction of sp³-hybridized carbons (Fsp3) is 0.0833. The van der Waals surface area contributed by atoms with Gasteiger partial charge in [-0.25, -0.2) is 4.98 Å². The van der Waals surface area contributed by atoms with E-state index in [4.69, 9.17) is 5.73 Å². The van der Waals surface area contributed by atoms with E-state index in [2.05, 4.69) is 29.3 Å². The summed E-state index contributed by atoms with van der Waals surface area (Å²) in [5.74, 6) is 1.62. The predicted octanol–water partition coefficient (Wildman–Crippen LogP) is 0.795. The van der Waals surface area contributed by atoms with Crippen molar-refractivity contribution in [2.45, 2.75) is 0 Å². The number of nitrogen functional groups attached to an aromatic ring is 1. The molecule has 74 valence electrons. The van der Waals surface area contributed by atoms with Gasteiger partial charge in [0.1, 0.15) is 5.82 Å². The first-order chi connectivity index (χ1) is 7.34. The van der Waals surface area contributed by atoms with Crippen LogP contribution in [-0.2, 0) is 0 Å². The molecule has 0 fully saturated rings. The molecule has 1 aromatic rings. The third-order valence-corrected chi connectivity index (χ3v) is 3.56. The number of rotatable bonds is 0. The van der Waals surface area contributed by atoms with Crippen LogP contribution in [0.5, 0.6) is 0 Å². The van der Waals surface area contributed by atoms with Gasteiger partial charge in [0.25, 0.3) is 0 Å². The molecule has 2 aliphatic rings. The van der Waals surface area contributed by atoms with Crippen molar-refractivity contribution in [3.63, 3.8) is 0 Å². The van der Waals surface area contributed by atoms with Crippen LogP contribution in [-0.4, -0.2) is 10.7 Å². The molecule has 1 aliphatic carbocycles. The zero-order valence-electron chi connectivity index (χ0n) is 8.10. The van der Waals surface area contributed by atoms with Crippen LogP contribution in [0.15, 0.2) is 35.9 Å². The Morgan fingerprint density at radius 2 is 2.27 bits per heavy atom. The van der Waals surface area contributed by atoms with Gasteiger partial charge in [0, 0.05) is 15.9 Å². The Labute approximate surface area is 91.9 Å². The first-order valence-corrected chi connectivity index (χ1v) is 5.82. The van der Waals surface area contributed by atoms with E-state index in [1.807, 2.05) is 23.9 Å². The zero-order chi connectivity index (χ0) is 10.3. The Balaban J connectivity index is 2.47.